The summed E-state index contributed by atoms with van der Waals surface area (Å²) in [5, 5.41) is 3.33. The molecule has 154 valence electrons. The smallest absolute Gasteiger partial charge is 0.208 e. The predicted molar refractivity (Wildman–Crippen MR) is 120 cm³/mol. The normalized spacial score (nSPS) is 18.1. The second kappa shape index (κ2) is 11.8. The van der Waals surface area contributed by atoms with E-state index in [-0.39, 0.29) is 30.1 Å². The van der Waals surface area contributed by atoms with Crippen molar-refractivity contribution >= 4 is 40.0 Å². The zero-order chi connectivity index (χ0) is 19.0. The Morgan fingerprint density at radius 1 is 1.37 bits per heavy atom. The minimum absolute atomic E-state index is 0. The SMILES string of the molecule is CCNC(=NCCCNS(C)(=O)=O)N1CCOC(c2ccccc2C)C1.I. The molecule has 1 heterocycles. The molecule has 9 heteroatoms. The van der Waals surface area contributed by atoms with Crippen LogP contribution in [0.5, 0.6) is 0 Å². The first-order valence-electron chi connectivity index (χ1n) is 9.05. The van der Waals surface area contributed by atoms with Crippen LogP contribution in [0.25, 0.3) is 0 Å². The zero-order valence-electron chi connectivity index (χ0n) is 16.3. The number of nitrogens with one attached hydrogen (secondary N) is 2. The van der Waals surface area contributed by atoms with Gasteiger partial charge in [0.1, 0.15) is 6.10 Å². The van der Waals surface area contributed by atoms with E-state index < -0.39 is 10.0 Å². The van der Waals surface area contributed by atoms with Crippen LogP contribution in [0.3, 0.4) is 0 Å². The molecule has 1 aliphatic rings. The van der Waals surface area contributed by atoms with E-state index >= 15 is 0 Å². The summed E-state index contributed by atoms with van der Waals surface area (Å²) in [6, 6.07) is 8.30. The average Bonchev–Trinajstić information content (AvgIpc) is 2.60. The van der Waals surface area contributed by atoms with E-state index in [1.165, 1.54) is 17.4 Å². The lowest BCUT2D eigenvalue weighted by Gasteiger charge is -2.35. The molecule has 1 aliphatic heterocycles. The van der Waals surface area contributed by atoms with E-state index in [4.69, 9.17) is 4.74 Å². The molecule has 0 saturated carbocycles. The van der Waals surface area contributed by atoms with Gasteiger partial charge in [-0.3, -0.25) is 4.99 Å². The second-order valence-corrected chi connectivity index (χ2v) is 8.25. The molecule has 2 rings (SSSR count). The van der Waals surface area contributed by atoms with Crippen molar-refractivity contribution < 1.29 is 13.2 Å². The topological polar surface area (TPSA) is 83.0 Å². The van der Waals surface area contributed by atoms with Gasteiger partial charge in [-0.15, -0.1) is 24.0 Å². The molecule has 1 saturated heterocycles. The summed E-state index contributed by atoms with van der Waals surface area (Å²) in [6.07, 6.45) is 1.86. The molecule has 1 atom stereocenters. The lowest BCUT2D eigenvalue weighted by Crippen LogP contribution is -2.48. The van der Waals surface area contributed by atoms with E-state index in [2.05, 4.69) is 39.0 Å². The number of hydrogen-bond donors (Lipinski definition) is 2. The lowest BCUT2D eigenvalue weighted by atomic mass is 10.0. The summed E-state index contributed by atoms with van der Waals surface area (Å²) in [7, 11) is -3.14. The van der Waals surface area contributed by atoms with Gasteiger partial charge in [0.15, 0.2) is 5.96 Å². The van der Waals surface area contributed by atoms with Gasteiger partial charge in [0.2, 0.25) is 10.0 Å². The Labute approximate surface area is 180 Å². The number of hydrogen-bond acceptors (Lipinski definition) is 4. The number of benzene rings is 1. The van der Waals surface area contributed by atoms with Crippen molar-refractivity contribution in [2.24, 2.45) is 4.99 Å². The maximum Gasteiger partial charge on any atom is 0.208 e. The van der Waals surface area contributed by atoms with Crippen molar-refractivity contribution in [2.75, 3.05) is 45.6 Å². The fourth-order valence-electron chi connectivity index (χ4n) is 2.93. The Hall–Kier alpha value is -0.910. The molecule has 1 fully saturated rings. The van der Waals surface area contributed by atoms with Crippen LogP contribution >= 0.6 is 24.0 Å². The van der Waals surface area contributed by atoms with Crippen molar-refractivity contribution in [3.05, 3.63) is 35.4 Å². The molecule has 0 amide bonds. The van der Waals surface area contributed by atoms with Gasteiger partial charge in [0.25, 0.3) is 0 Å². The Morgan fingerprint density at radius 3 is 2.78 bits per heavy atom. The van der Waals surface area contributed by atoms with E-state index in [1.54, 1.807) is 0 Å². The van der Waals surface area contributed by atoms with Crippen LogP contribution in [0.15, 0.2) is 29.3 Å². The largest absolute Gasteiger partial charge is 0.370 e. The number of aryl methyl sites for hydroxylation is 1. The third-order valence-electron chi connectivity index (χ3n) is 4.20. The fraction of sp³-hybridized carbons (Fsp3) is 0.611. The number of nitrogens with zero attached hydrogens (tertiary/aromatic N) is 2. The molecule has 0 spiro atoms. The van der Waals surface area contributed by atoms with Crippen molar-refractivity contribution in [2.45, 2.75) is 26.4 Å². The Kier molecular flexibility index (Phi) is 10.6. The molecule has 7 nitrogen and oxygen atoms in total. The maximum atomic E-state index is 11.1. The highest BCUT2D eigenvalue weighted by Gasteiger charge is 2.25. The van der Waals surface area contributed by atoms with Gasteiger partial charge < -0.3 is 15.0 Å². The monoisotopic (exact) mass is 510 g/mol. The van der Waals surface area contributed by atoms with Crippen molar-refractivity contribution in [1.82, 2.24) is 14.9 Å². The predicted octanol–water partition coefficient (Wildman–Crippen LogP) is 1.89. The second-order valence-electron chi connectivity index (χ2n) is 6.42. The number of morpholine rings is 1. The molecule has 0 bridgehead atoms. The van der Waals surface area contributed by atoms with Gasteiger partial charge >= 0.3 is 0 Å². The third kappa shape index (κ3) is 8.32. The first-order chi connectivity index (χ1) is 12.4. The van der Waals surface area contributed by atoms with Crippen LogP contribution in [-0.4, -0.2) is 64.9 Å². The van der Waals surface area contributed by atoms with Gasteiger partial charge in [-0.1, -0.05) is 24.3 Å². The zero-order valence-corrected chi connectivity index (χ0v) is 19.4. The molecular formula is C18H31IN4O3S. The minimum Gasteiger partial charge on any atom is -0.370 e. The third-order valence-corrected chi connectivity index (χ3v) is 4.93. The first-order valence-corrected chi connectivity index (χ1v) is 10.9. The van der Waals surface area contributed by atoms with Crippen LogP contribution in [0, 0.1) is 6.92 Å². The number of ether oxygens (including phenoxy) is 1. The molecule has 27 heavy (non-hydrogen) atoms. The number of halogens is 1. The molecule has 2 N–H and O–H groups in total. The molecule has 1 unspecified atom stereocenters. The summed E-state index contributed by atoms with van der Waals surface area (Å²) in [6.45, 7) is 8.08. The summed E-state index contributed by atoms with van der Waals surface area (Å²) < 4.78 is 30.7. The van der Waals surface area contributed by atoms with Gasteiger partial charge in [-0.25, -0.2) is 13.1 Å². The highest BCUT2D eigenvalue weighted by molar-refractivity contribution is 14.0. The molecule has 0 aliphatic carbocycles. The van der Waals surface area contributed by atoms with Crippen molar-refractivity contribution in [3.8, 4) is 0 Å². The van der Waals surface area contributed by atoms with Crippen molar-refractivity contribution in [3.63, 3.8) is 0 Å². The molecule has 0 aromatic heterocycles. The Balaban J connectivity index is 0.00000364. The Morgan fingerprint density at radius 2 is 2.11 bits per heavy atom. The first kappa shape index (κ1) is 24.1. The standard InChI is InChI=1S/C18H30N4O3S.HI/c1-4-19-18(20-10-7-11-21-26(3,23)24)22-12-13-25-17(14-22)16-9-6-5-8-15(16)2;/h5-6,8-9,17,21H,4,7,10-14H2,1-3H3,(H,19,20);1H. The average molecular weight is 510 g/mol. The summed E-state index contributed by atoms with van der Waals surface area (Å²) >= 11 is 0. The number of aliphatic imine (C=N–C) groups is 1. The number of guanidine groups is 1. The summed E-state index contributed by atoms with van der Waals surface area (Å²) in [5.74, 6) is 0.855. The van der Waals surface area contributed by atoms with Crippen molar-refractivity contribution in [1.29, 1.82) is 0 Å². The highest BCUT2D eigenvalue weighted by Crippen LogP contribution is 2.24. The fourth-order valence-corrected chi connectivity index (χ4v) is 3.44. The lowest BCUT2D eigenvalue weighted by molar-refractivity contribution is -0.00832. The van der Waals surface area contributed by atoms with Gasteiger partial charge in [0, 0.05) is 26.2 Å². The van der Waals surface area contributed by atoms with E-state index in [9.17, 15) is 8.42 Å². The molecule has 1 aromatic rings. The van der Waals surface area contributed by atoms with Gasteiger partial charge in [-0.05, 0) is 31.4 Å². The van der Waals surface area contributed by atoms with E-state index in [0.29, 0.717) is 26.1 Å². The minimum atomic E-state index is -3.14. The van der Waals surface area contributed by atoms with Crippen LogP contribution < -0.4 is 10.0 Å². The van der Waals surface area contributed by atoms with Crippen LogP contribution in [0.4, 0.5) is 0 Å². The van der Waals surface area contributed by atoms with Gasteiger partial charge in [-0.2, -0.15) is 0 Å². The summed E-state index contributed by atoms with van der Waals surface area (Å²) in [5.41, 5.74) is 2.44. The molecule has 0 radical (unpaired) electrons. The van der Waals surface area contributed by atoms with Crippen LogP contribution in [0.1, 0.15) is 30.6 Å². The highest BCUT2D eigenvalue weighted by atomic mass is 127. The number of sulfonamides is 1. The van der Waals surface area contributed by atoms with E-state index in [0.717, 1.165) is 25.6 Å². The van der Waals surface area contributed by atoms with Crippen LogP contribution in [0.2, 0.25) is 0 Å². The maximum absolute atomic E-state index is 11.1. The van der Waals surface area contributed by atoms with Crippen LogP contribution in [-0.2, 0) is 14.8 Å². The quantitative estimate of drug-likeness (QED) is 0.254. The summed E-state index contributed by atoms with van der Waals surface area (Å²) in [4.78, 5) is 6.86. The molecule has 1 aromatic carbocycles. The Bertz CT molecular complexity index is 712. The number of rotatable bonds is 7. The molecular weight excluding hydrogens is 479 g/mol. The van der Waals surface area contributed by atoms with E-state index in [1.807, 2.05) is 19.1 Å². The van der Waals surface area contributed by atoms with Gasteiger partial charge in [0.05, 0.1) is 19.4 Å².